The molecule has 1 aliphatic carbocycles. The molecule has 0 saturated heterocycles. The van der Waals surface area contributed by atoms with Crippen molar-refractivity contribution in [2.75, 3.05) is 11.9 Å². The first kappa shape index (κ1) is 14.5. The first-order chi connectivity index (χ1) is 8.85. The number of nitrogens with one attached hydrogen (secondary N) is 1. The molecule has 2 N–H and O–H groups in total. The van der Waals surface area contributed by atoms with E-state index in [0.717, 1.165) is 25.7 Å². The third-order valence-electron chi connectivity index (χ3n) is 3.59. The zero-order valence-electron chi connectivity index (χ0n) is 10.5. The lowest BCUT2D eigenvalue weighted by atomic mass is 9.78. The van der Waals surface area contributed by atoms with E-state index in [1.54, 1.807) is 0 Å². The summed E-state index contributed by atoms with van der Waals surface area (Å²) in [5, 5.41) is 12.6. The van der Waals surface area contributed by atoms with Crippen LogP contribution in [0.25, 0.3) is 0 Å². The summed E-state index contributed by atoms with van der Waals surface area (Å²) in [5.41, 5.74) is -0.561. The number of hydrogen-bond donors (Lipinski definition) is 2. The summed E-state index contributed by atoms with van der Waals surface area (Å²) in [6.45, 7) is 2.02. The van der Waals surface area contributed by atoms with Gasteiger partial charge in [-0.2, -0.15) is 22.5 Å². The number of aliphatic hydroxyl groups excluding tert-OH is 1. The fourth-order valence-corrected chi connectivity index (χ4v) is 2.96. The van der Waals surface area contributed by atoms with Crippen LogP contribution in [-0.4, -0.2) is 26.6 Å². The van der Waals surface area contributed by atoms with Crippen LogP contribution in [0, 0.1) is 5.92 Å². The van der Waals surface area contributed by atoms with E-state index in [4.69, 9.17) is 0 Å². The first-order valence-electron chi connectivity index (χ1n) is 6.15. The van der Waals surface area contributed by atoms with Gasteiger partial charge in [-0.05, 0) is 31.6 Å². The Morgan fingerprint density at radius 3 is 2.53 bits per heavy atom. The second-order valence-corrected chi connectivity index (χ2v) is 5.92. The molecule has 1 aliphatic rings. The molecular formula is C11H16F3N3OS. The Hall–Kier alpha value is -0.890. The van der Waals surface area contributed by atoms with Gasteiger partial charge in [0.2, 0.25) is 11.0 Å². The van der Waals surface area contributed by atoms with Crippen LogP contribution in [0.5, 0.6) is 0 Å². The molecule has 8 heteroatoms. The van der Waals surface area contributed by atoms with E-state index in [1.165, 1.54) is 0 Å². The fourth-order valence-electron chi connectivity index (χ4n) is 2.25. The Bertz CT molecular complexity index is 427. The smallest absolute Gasteiger partial charge is 0.394 e. The molecule has 0 bridgehead atoms. The number of halogens is 3. The maximum atomic E-state index is 12.4. The average Bonchev–Trinajstić information content (AvgIpc) is 2.81. The molecule has 1 aromatic rings. The van der Waals surface area contributed by atoms with Gasteiger partial charge in [0.05, 0.1) is 12.1 Å². The van der Waals surface area contributed by atoms with Crippen LogP contribution >= 0.6 is 11.5 Å². The van der Waals surface area contributed by atoms with Gasteiger partial charge >= 0.3 is 6.18 Å². The van der Waals surface area contributed by atoms with Crippen molar-refractivity contribution in [2.24, 2.45) is 5.92 Å². The lowest BCUT2D eigenvalue weighted by molar-refractivity contribution is -0.144. The van der Waals surface area contributed by atoms with Crippen molar-refractivity contribution in [3.05, 3.63) is 5.82 Å². The molecule has 0 aromatic carbocycles. The molecule has 0 spiro atoms. The minimum Gasteiger partial charge on any atom is -0.394 e. The highest BCUT2D eigenvalue weighted by atomic mass is 32.1. The Morgan fingerprint density at radius 2 is 2.05 bits per heavy atom. The molecule has 0 unspecified atom stereocenters. The van der Waals surface area contributed by atoms with Crippen molar-refractivity contribution < 1.29 is 18.3 Å². The topological polar surface area (TPSA) is 58.0 Å². The predicted molar refractivity (Wildman–Crippen MR) is 66.0 cm³/mol. The SMILES string of the molecule is CC1CCC(CO)(Nc2nc(C(F)(F)F)ns2)CC1. The van der Waals surface area contributed by atoms with Crippen molar-refractivity contribution in [3.63, 3.8) is 0 Å². The Morgan fingerprint density at radius 1 is 1.42 bits per heavy atom. The maximum absolute atomic E-state index is 12.4. The molecule has 0 radical (unpaired) electrons. The highest BCUT2D eigenvalue weighted by molar-refractivity contribution is 7.09. The summed E-state index contributed by atoms with van der Waals surface area (Å²) < 4.78 is 40.5. The van der Waals surface area contributed by atoms with Gasteiger partial charge in [-0.1, -0.05) is 6.92 Å². The van der Waals surface area contributed by atoms with Crippen molar-refractivity contribution in [1.82, 2.24) is 9.36 Å². The lowest BCUT2D eigenvalue weighted by Gasteiger charge is -2.38. The van der Waals surface area contributed by atoms with E-state index in [9.17, 15) is 18.3 Å². The molecule has 2 rings (SSSR count). The molecule has 108 valence electrons. The van der Waals surface area contributed by atoms with Gasteiger partial charge in [-0.3, -0.25) is 0 Å². The summed E-state index contributed by atoms with van der Waals surface area (Å²) in [7, 11) is 0. The third kappa shape index (κ3) is 3.36. The van der Waals surface area contributed by atoms with Gasteiger partial charge in [-0.25, -0.2) is 0 Å². The molecule has 1 heterocycles. The zero-order chi connectivity index (χ0) is 14.1. The molecule has 19 heavy (non-hydrogen) atoms. The minimum absolute atomic E-state index is 0.110. The Labute approximate surface area is 113 Å². The Balaban J connectivity index is 2.08. The van der Waals surface area contributed by atoms with Crippen molar-refractivity contribution >= 4 is 16.7 Å². The van der Waals surface area contributed by atoms with Crippen molar-refractivity contribution in [2.45, 2.75) is 44.3 Å². The minimum atomic E-state index is -4.52. The van der Waals surface area contributed by atoms with Crippen LogP contribution in [0.3, 0.4) is 0 Å². The number of hydrogen-bond acceptors (Lipinski definition) is 5. The van der Waals surface area contributed by atoms with Gasteiger partial charge in [0.15, 0.2) is 0 Å². The van der Waals surface area contributed by atoms with Crippen LogP contribution in [0.1, 0.15) is 38.4 Å². The van der Waals surface area contributed by atoms with E-state index >= 15 is 0 Å². The van der Waals surface area contributed by atoms with E-state index in [0.29, 0.717) is 17.5 Å². The monoisotopic (exact) mass is 295 g/mol. The van der Waals surface area contributed by atoms with E-state index in [1.807, 2.05) is 0 Å². The summed E-state index contributed by atoms with van der Waals surface area (Å²) in [6.07, 6.45) is -1.18. The first-order valence-corrected chi connectivity index (χ1v) is 6.92. The van der Waals surface area contributed by atoms with Crippen LogP contribution in [0.4, 0.5) is 18.3 Å². The van der Waals surface area contributed by atoms with Crippen LogP contribution in [0.15, 0.2) is 0 Å². The molecular weight excluding hydrogens is 279 g/mol. The third-order valence-corrected chi connectivity index (χ3v) is 4.22. The van der Waals surface area contributed by atoms with Crippen LogP contribution < -0.4 is 5.32 Å². The number of rotatable bonds is 3. The van der Waals surface area contributed by atoms with E-state index in [2.05, 4.69) is 21.6 Å². The molecule has 0 atom stereocenters. The number of aliphatic hydroxyl groups is 1. The zero-order valence-corrected chi connectivity index (χ0v) is 11.3. The predicted octanol–water partition coefficient (Wildman–Crippen LogP) is 2.91. The standard InChI is InChI=1S/C11H16F3N3OS/c1-7-2-4-10(6-18,5-3-7)16-9-15-8(17-19-9)11(12,13)14/h7,18H,2-6H2,1H3,(H,15,16,17). The second-order valence-electron chi connectivity index (χ2n) is 5.17. The lowest BCUT2D eigenvalue weighted by Crippen LogP contribution is -2.45. The summed E-state index contributed by atoms with van der Waals surface area (Å²) in [6, 6.07) is 0. The summed E-state index contributed by atoms with van der Waals surface area (Å²) in [4.78, 5) is 3.45. The number of aromatic nitrogens is 2. The molecule has 0 aliphatic heterocycles. The molecule has 1 aromatic heterocycles. The van der Waals surface area contributed by atoms with Gasteiger partial charge in [0.1, 0.15) is 0 Å². The van der Waals surface area contributed by atoms with E-state index in [-0.39, 0.29) is 11.7 Å². The fraction of sp³-hybridized carbons (Fsp3) is 0.818. The molecule has 1 saturated carbocycles. The van der Waals surface area contributed by atoms with Gasteiger partial charge in [-0.15, -0.1) is 0 Å². The van der Waals surface area contributed by atoms with Crippen molar-refractivity contribution in [3.8, 4) is 0 Å². The maximum Gasteiger partial charge on any atom is 0.452 e. The number of anilines is 1. The average molecular weight is 295 g/mol. The summed E-state index contributed by atoms with van der Waals surface area (Å²) >= 11 is 0.681. The highest BCUT2D eigenvalue weighted by Crippen LogP contribution is 2.36. The summed E-state index contributed by atoms with van der Waals surface area (Å²) in [5.74, 6) is -0.543. The van der Waals surface area contributed by atoms with Crippen LogP contribution in [0.2, 0.25) is 0 Å². The molecule has 1 fully saturated rings. The molecule has 4 nitrogen and oxygen atoms in total. The van der Waals surface area contributed by atoms with Gasteiger partial charge in [0, 0.05) is 11.5 Å². The quantitative estimate of drug-likeness (QED) is 0.900. The molecule has 0 amide bonds. The largest absolute Gasteiger partial charge is 0.452 e. The number of alkyl halides is 3. The van der Waals surface area contributed by atoms with E-state index < -0.39 is 17.5 Å². The van der Waals surface area contributed by atoms with Crippen LogP contribution in [-0.2, 0) is 6.18 Å². The normalized spacial score (nSPS) is 28.4. The Kier molecular flexibility index (Phi) is 4.00. The van der Waals surface area contributed by atoms with Crippen molar-refractivity contribution in [1.29, 1.82) is 0 Å². The highest BCUT2D eigenvalue weighted by Gasteiger charge is 2.38. The van der Waals surface area contributed by atoms with Gasteiger partial charge in [0.25, 0.3) is 0 Å². The number of nitrogens with zero attached hydrogens (tertiary/aromatic N) is 2. The second kappa shape index (κ2) is 5.24. The van der Waals surface area contributed by atoms with Gasteiger partial charge < -0.3 is 10.4 Å².